The maximum Gasteiger partial charge on any atom is 0.219 e. The highest BCUT2D eigenvalue weighted by molar-refractivity contribution is 6.32. The van der Waals surface area contributed by atoms with Gasteiger partial charge in [0.1, 0.15) is 5.75 Å². The van der Waals surface area contributed by atoms with Crippen LogP contribution in [0.3, 0.4) is 0 Å². The third-order valence-electron chi connectivity index (χ3n) is 2.16. The zero-order valence-electron chi connectivity index (χ0n) is 8.64. The summed E-state index contributed by atoms with van der Waals surface area (Å²) < 4.78 is 5.13. The van der Waals surface area contributed by atoms with Crippen molar-refractivity contribution in [1.29, 1.82) is 0 Å². The lowest BCUT2D eigenvalue weighted by molar-refractivity contribution is 0.415. The largest absolute Gasteiger partial charge is 0.495 e. The fourth-order valence-electron chi connectivity index (χ4n) is 1.33. The number of halogens is 1. The summed E-state index contributed by atoms with van der Waals surface area (Å²) >= 11 is 5.93. The number of benzene rings is 1. The van der Waals surface area contributed by atoms with Crippen molar-refractivity contribution in [2.75, 3.05) is 12.8 Å². The molecule has 5 heteroatoms. The summed E-state index contributed by atoms with van der Waals surface area (Å²) in [5.41, 5.74) is 7.21. The molecule has 0 saturated heterocycles. The summed E-state index contributed by atoms with van der Waals surface area (Å²) in [6, 6.07) is 5.48. The minimum atomic E-state index is 0.254. The quantitative estimate of drug-likeness (QED) is 0.868. The van der Waals surface area contributed by atoms with Crippen LogP contribution < -0.4 is 10.5 Å². The zero-order chi connectivity index (χ0) is 11.5. The van der Waals surface area contributed by atoms with E-state index in [-0.39, 0.29) is 5.95 Å². The van der Waals surface area contributed by atoms with Gasteiger partial charge in [-0.1, -0.05) is 17.7 Å². The van der Waals surface area contributed by atoms with Gasteiger partial charge in [-0.05, 0) is 17.7 Å². The van der Waals surface area contributed by atoms with Gasteiger partial charge in [-0.25, -0.2) is 9.97 Å². The van der Waals surface area contributed by atoms with Gasteiger partial charge < -0.3 is 10.5 Å². The minimum absolute atomic E-state index is 0.254. The van der Waals surface area contributed by atoms with Crippen molar-refractivity contribution in [2.45, 2.75) is 0 Å². The Kier molecular flexibility index (Phi) is 2.92. The van der Waals surface area contributed by atoms with Crippen LogP contribution in [0.2, 0.25) is 5.02 Å². The molecule has 0 bridgehead atoms. The standard InChI is InChI=1S/C11H10ClN3O/c1-16-10-4-7(2-3-9(10)12)8-5-14-11(13)15-6-8/h2-6H,1H3,(H2,13,14,15). The fourth-order valence-corrected chi connectivity index (χ4v) is 1.52. The molecule has 2 aromatic rings. The molecule has 82 valence electrons. The maximum atomic E-state index is 5.93. The second-order valence-electron chi connectivity index (χ2n) is 3.18. The molecule has 0 aliphatic rings. The fraction of sp³-hybridized carbons (Fsp3) is 0.0909. The molecule has 1 aromatic heterocycles. The first-order chi connectivity index (χ1) is 7.70. The molecule has 2 N–H and O–H groups in total. The van der Waals surface area contributed by atoms with Crippen molar-refractivity contribution in [2.24, 2.45) is 0 Å². The van der Waals surface area contributed by atoms with Gasteiger partial charge in [-0.3, -0.25) is 0 Å². The normalized spacial score (nSPS) is 10.1. The summed E-state index contributed by atoms with van der Waals surface area (Å²) in [7, 11) is 1.57. The Hall–Kier alpha value is -1.81. The Morgan fingerprint density at radius 3 is 2.50 bits per heavy atom. The molecule has 1 heterocycles. The Morgan fingerprint density at radius 1 is 1.19 bits per heavy atom. The molecule has 0 unspecified atom stereocenters. The van der Waals surface area contributed by atoms with Gasteiger partial charge in [0.2, 0.25) is 5.95 Å². The monoisotopic (exact) mass is 235 g/mol. The van der Waals surface area contributed by atoms with E-state index >= 15 is 0 Å². The Labute approximate surface area is 98.0 Å². The second kappa shape index (κ2) is 4.37. The molecule has 0 atom stereocenters. The number of ether oxygens (including phenoxy) is 1. The van der Waals surface area contributed by atoms with Crippen LogP contribution in [-0.2, 0) is 0 Å². The number of hydrogen-bond acceptors (Lipinski definition) is 4. The maximum absolute atomic E-state index is 5.93. The molecular weight excluding hydrogens is 226 g/mol. The van der Waals surface area contributed by atoms with Gasteiger partial charge in [0.25, 0.3) is 0 Å². The molecule has 16 heavy (non-hydrogen) atoms. The molecule has 4 nitrogen and oxygen atoms in total. The predicted molar refractivity (Wildman–Crippen MR) is 63.4 cm³/mol. The first-order valence-electron chi connectivity index (χ1n) is 4.62. The highest BCUT2D eigenvalue weighted by atomic mass is 35.5. The molecule has 0 fully saturated rings. The number of nitrogen functional groups attached to an aromatic ring is 1. The van der Waals surface area contributed by atoms with Crippen molar-refractivity contribution in [3.8, 4) is 16.9 Å². The Morgan fingerprint density at radius 2 is 1.88 bits per heavy atom. The third kappa shape index (κ3) is 2.06. The molecule has 0 aliphatic carbocycles. The van der Waals surface area contributed by atoms with Gasteiger partial charge in [-0.15, -0.1) is 0 Å². The summed E-state index contributed by atoms with van der Waals surface area (Å²) in [4.78, 5) is 7.85. The summed E-state index contributed by atoms with van der Waals surface area (Å²) in [6.45, 7) is 0. The van der Waals surface area contributed by atoms with Crippen LogP contribution in [0.1, 0.15) is 0 Å². The van der Waals surface area contributed by atoms with E-state index in [1.54, 1.807) is 25.6 Å². The SMILES string of the molecule is COc1cc(-c2cnc(N)nc2)ccc1Cl. The summed E-state index contributed by atoms with van der Waals surface area (Å²) in [5.74, 6) is 0.876. The molecule has 0 radical (unpaired) electrons. The number of hydrogen-bond donors (Lipinski definition) is 1. The number of anilines is 1. The van der Waals surface area contributed by atoms with Gasteiger partial charge >= 0.3 is 0 Å². The summed E-state index contributed by atoms with van der Waals surface area (Å²) in [6.07, 6.45) is 3.32. The van der Waals surface area contributed by atoms with E-state index in [0.717, 1.165) is 11.1 Å². The van der Waals surface area contributed by atoms with Crippen molar-refractivity contribution < 1.29 is 4.74 Å². The average molecular weight is 236 g/mol. The van der Waals surface area contributed by atoms with Crippen LogP contribution in [0.15, 0.2) is 30.6 Å². The van der Waals surface area contributed by atoms with Gasteiger partial charge in [0.15, 0.2) is 0 Å². The molecule has 1 aromatic carbocycles. The van der Waals surface area contributed by atoms with Crippen molar-refractivity contribution in [3.05, 3.63) is 35.6 Å². The predicted octanol–water partition coefficient (Wildman–Crippen LogP) is 2.39. The van der Waals surface area contributed by atoms with Crippen LogP contribution in [-0.4, -0.2) is 17.1 Å². The zero-order valence-corrected chi connectivity index (χ0v) is 9.40. The van der Waals surface area contributed by atoms with Crippen LogP contribution >= 0.6 is 11.6 Å². The second-order valence-corrected chi connectivity index (χ2v) is 3.59. The molecule has 2 rings (SSSR count). The van der Waals surface area contributed by atoms with Gasteiger partial charge in [-0.2, -0.15) is 0 Å². The lowest BCUT2D eigenvalue weighted by atomic mass is 10.1. The van der Waals surface area contributed by atoms with Crippen LogP contribution in [0.4, 0.5) is 5.95 Å². The molecule has 0 aliphatic heterocycles. The molecular formula is C11H10ClN3O. The van der Waals surface area contributed by atoms with Crippen LogP contribution in [0.25, 0.3) is 11.1 Å². The van der Waals surface area contributed by atoms with Gasteiger partial charge in [0.05, 0.1) is 12.1 Å². The third-order valence-corrected chi connectivity index (χ3v) is 2.47. The highest BCUT2D eigenvalue weighted by Crippen LogP contribution is 2.29. The number of aromatic nitrogens is 2. The van der Waals surface area contributed by atoms with Crippen molar-refractivity contribution in [3.63, 3.8) is 0 Å². The number of rotatable bonds is 2. The van der Waals surface area contributed by atoms with E-state index < -0.39 is 0 Å². The number of nitrogens with two attached hydrogens (primary N) is 1. The van der Waals surface area contributed by atoms with Crippen molar-refractivity contribution in [1.82, 2.24) is 9.97 Å². The van der Waals surface area contributed by atoms with E-state index in [4.69, 9.17) is 22.1 Å². The van der Waals surface area contributed by atoms with Gasteiger partial charge in [0, 0.05) is 18.0 Å². The molecule has 0 amide bonds. The smallest absolute Gasteiger partial charge is 0.219 e. The number of nitrogens with zero attached hydrogens (tertiary/aromatic N) is 2. The Balaban J connectivity index is 2.44. The lowest BCUT2D eigenvalue weighted by Gasteiger charge is -2.06. The first kappa shape index (κ1) is 10.7. The van der Waals surface area contributed by atoms with E-state index in [2.05, 4.69) is 9.97 Å². The molecule has 0 spiro atoms. The first-order valence-corrected chi connectivity index (χ1v) is 5.00. The average Bonchev–Trinajstić information content (AvgIpc) is 2.31. The topological polar surface area (TPSA) is 61.0 Å². The van der Waals surface area contributed by atoms with Crippen LogP contribution in [0.5, 0.6) is 5.75 Å². The molecule has 0 saturated carbocycles. The lowest BCUT2D eigenvalue weighted by Crippen LogP contribution is -1.93. The van der Waals surface area contributed by atoms with E-state index in [1.807, 2.05) is 12.1 Å². The summed E-state index contributed by atoms with van der Waals surface area (Å²) in [5, 5.41) is 0.572. The van der Waals surface area contributed by atoms with E-state index in [0.29, 0.717) is 10.8 Å². The minimum Gasteiger partial charge on any atom is -0.495 e. The highest BCUT2D eigenvalue weighted by Gasteiger charge is 2.04. The van der Waals surface area contributed by atoms with E-state index in [1.165, 1.54) is 0 Å². The van der Waals surface area contributed by atoms with Crippen molar-refractivity contribution >= 4 is 17.5 Å². The van der Waals surface area contributed by atoms with Crippen LogP contribution in [0, 0.1) is 0 Å². The number of methoxy groups -OCH3 is 1. The van der Waals surface area contributed by atoms with E-state index in [9.17, 15) is 0 Å². The Bertz CT molecular complexity index is 499.